The fourth-order valence-corrected chi connectivity index (χ4v) is 1.76. The van der Waals surface area contributed by atoms with E-state index in [1.165, 1.54) is 25.7 Å². The van der Waals surface area contributed by atoms with Gasteiger partial charge in [-0.25, -0.2) is 0 Å². The molecule has 1 aliphatic carbocycles. The molecule has 3 heteroatoms. The number of rotatable bonds is 4. The SMILES string of the molecule is NC(=O)C(=O)CCC1CCCC1. The summed E-state index contributed by atoms with van der Waals surface area (Å²) in [6.45, 7) is 0. The molecular weight excluding hydrogens is 154 g/mol. The zero-order chi connectivity index (χ0) is 8.97. The van der Waals surface area contributed by atoms with Gasteiger partial charge in [0.15, 0.2) is 0 Å². The molecule has 3 nitrogen and oxygen atoms in total. The minimum Gasteiger partial charge on any atom is -0.363 e. The predicted octanol–water partition coefficient (Wildman–Crippen LogP) is 1.01. The first-order valence-electron chi connectivity index (χ1n) is 4.53. The van der Waals surface area contributed by atoms with E-state index < -0.39 is 11.7 Å². The first-order chi connectivity index (χ1) is 5.70. The van der Waals surface area contributed by atoms with E-state index in [1.54, 1.807) is 0 Å². The van der Waals surface area contributed by atoms with E-state index in [2.05, 4.69) is 0 Å². The van der Waals surface area contributed by atoms with Crippen molar-refractivity contribution in [3.8, 4) is 0 Å². The lowest BCUT2D eigenvalue weighted by atomic mass is 10.0. The number of nitrogens with two attached hydrogens (primary N) is 1. The summed E-state index contributed by atoms with van der Waals surface area (Å²) in [6, 6.07) is 0. The van der Waals surface area contributed by atoms with Gasteiger partial charge in [-0.1, -0.05) is 25.7 Å². The smallest absolute Gasteiger partial charge is 0.284 e. The quantitative estimate of drug-likeness (QED) is 0.638. The highest BCUT2D eigenvalue weighted by molar-refractivity contribution is 6.35. The van der Waals surface area contributed by atoms with Crippen LogP contribution in [0.2, 0.25) is 0 Å². The lowest BCUT2D eigenvalue weighted by molar-refractivity contribution is -0.136. The van der Waals surface area contributed by atoms with Gasteiger partial charge in [0.2, 0.25) is 5.78 Å². The fourth-order valence-electron chi connectivity index (χ4n) is 1.76. The summed E-state index contributed by atoms with van der Waals surface area (Å²) in [4.78, 5) is 21.2. The minimum atomic E-state index is -0.784. The van der Waals surface area contributed by atoms with Crippen molar-refractivity contribution in [3.63, 3.8) is 0 Å². The molecule has 1 amide bonds. The van der Waals surface area contributed by atoms with E-state index in [0.29, 0.717) is 12.3 Å². The van der Waals surface area contributed by atoms with Crippen LogP contribution in [0.3, 0.4) is 0 Å². The van der Waals surface area contributed by atoms with Crippen molar-refractivity contribution >= 4 is 11.7 Å². The molecule has 1 fully saturated rings. The van der Waals surface area contributed by atoms with Gasteiger partial charge in [-0.2, -0.15) is 0 Å². The van der Waals surface area contributed by atoms with Gasteiger partial charge in [-0.05, 0) is 12.3 Å². The Morgan fingerprint density at radius 3 is 2.33 bits per heavy atom. The highest BCUT2D eigenvalue weighted by atomic mass is 16.2. The van der Waals surface area contributed by atoms with Crippen LogP contribution in [-0.4, -0.2) is 11.7 Å². The normalized spacial score (nSPS) is 18.0. The number of primary amides is 1. The molecule has 1 rings (SSSR count). The summed E-state index contributed by atoms with van der Waals surface area (Å²) >= 11 is 0. The second kappa shape index (κ2) is 4.24. The average molecular weight is 169 g/mol. The first-order valence-corrected chi connectivity index (χ1v) is 4.53. The predicted molar refractivity (Wildman–Crippen MR) is 45.4 cm³/mol. The van der Waals surface area contributed by atoms with E-state index in [0.717, 1.165) is 6.42 Å². The van der Waals surface area contributed by atoms with Gasteiger partial charge in [0.25, 0.3) is 5.91 Å². The Morgan fingerprint density at radius 2 is 1.83 bits per heavy atom. The van der Waals surface area contributed by atoms with Crippen LogP contribution in [0.1, 0.15) is 38.5 Å². The highest BCUT2D eigenvalue weighted by Crippen LogP contribution is 2.28. The van der Waals surface area contributed by atoms with Crippen LogP contribution in [0.15, 0.2) is 0 Å². The van der Waals surface area contributed by atoms with Crippen LogP contribution in [0.5, 0.6) is 0 Å². The standard InChI is InChI=1S/C9H15NO2/c10-9(12)8(11)6-5-7-3-1-2-4-7/h7H,1-6H2,(H2,10,12). The van der Waals surface area contributed by atoms with Gasteiger partial charge in [0, 0.05) is 6.42 Å². The summed E-state index contributed by atoms with van der Waals surface area (Å²) in [5.41, 5.74) is 4.83. The summed E-state index contributed by atoms with van der Waals surface area (Å²) in [7, 11) is 0. The molecule has 0 radical (unpaired) electrons. The van der Waals surface area contributed by atoms with Gasteiger partial charge in [-0.3, -0.25) is 9.59 Å². The van der Waals surface area contributed by atoms with E-state index in [1.807, 2.05) is 0 Å². The molecule has 0 aliphatic heterocycles. The summed E-state index contributed by atoms with van der Waals surface area (Å²) in [5, 5.41) is 0. The van der Waals surface area contributed by atoms with Crippen LogP contribution < -0.4 is 5.73 Å². The highest BCUT2D eigenvalue weighted by Gasteiger charge is 2.17. The molecule has 0 aromatic rings. The van der Waals surface area contributed by atoms with Crippen LogP contribution in [-0.2, 0) is 9.59 Å². The molecule has 2 N–H and O–H groups in total. The number of hydrogen-bond donors (Lipinski definition) is 1. The van der Waals surface area contributed by atoms with E-state index in [9.17, 15) is 9.59 Å². The zero-order valence-electron chi connectivity index (χ0n) is 7.21. The molecule has 0 aromatic carbocycles. The first kappa shape index (κ1) is 9.23. The zero-order valence-corrected chi connectivity index (χ0v) is 7.21. The summed E-state index contributed by atoms with van der Waals surface area (Å²) in [5.74, 6) is -0.539. The third kappa shape index (κ3) is 2.64. The summed E-state index contributed by atoms with van der Waals surface area (Å²) < 4.78 is 0. The Hall–Kier alpha value is -0.860. The van der Waals surface area contributed by atoms with E-state index in [4.69, 9.17) is 5.73 Å². The molecule has 0 heterocycles. The third-order valence-corrected chi connectivity index (χ3v) is 2.53. The van der Waals surface area contributed by atoms with Crippen LogP contribution in [0.25, 0.3) is 0 Å². The average Bonchev–Trinajstić information content (AvgIpc) is 2.51. The van der Waals surface area contributed by atoms with Crippen molar-refractivity contribution in [2.45, 2.75) is 38.5 Å². The minimum absolute atomic E-state index is 0.347. The Balaban J connectivity index is 2.16. The van der Waals surface area contributed by atoms with Gasteiger partial charge >= 0.3 is 0 Å². The number of amides is 1. The second-order valence-electron chi connectivity index (χ2n) is 3.48. The Bertz CT molecular complexity index is 183. The van der Waals surface area contributed by atoms with E-state index in [-0.39, 0.29) is 0 Å². The Kier molecular flexibility index (Phi) is 3.26. The van der Waals surface area contributed by atoms with Gasteiger partial charge in [-0.15, -0.1) is 0 Å². The number of ketones is 1. The molecule has 0 bridgehead atoms. The fraction of sp³-hybridized carbons (Fsp3) is 0.778. The molecule has 0 aromatic heterocycles. The molecule has 68 valence electrons. The van der Waals surface area contributed by atoms with E-state index >= 15 is 0 Å². The van der Waals surface area contributed by atoms with Crippen LogP contribution in [0.4, 0.5) is 0 Å². The largest absolute Gasteiger partial charge is 0.363 e. The molecule has 0 unspecified atom stereocenters. The van der Waals surface area contributed by atoms with Crippen LogP contribution >= 0.6 is 0 Å². The Labute approximate surface area is 72.3 Å². The van der Waals surface area contributed by atoms with Crippen molar-refractivity contribution in [3.05, 3.63) is 0 Å². The maximum Gasteiger partial charge on any atom is 0.284 e. The van der Waals surface area contributed by atoms with Crippen LogP contribution in [0, 0.1) is 5.92 Å². The number of hydrogen-bond acceptors (Lipinski definition) is 2. The van der Waals surface area contributed by atoms with Crippen molar-refractivity contribution < 1.29 is 9.59 Å². The monoisotopic (exact) mass is 169 g/mol. The van der Waals surface area contributed by atoms with Crippen molar-refractivity contribution in [2.24, 2.45) is 11.7 Å². The summed E-state index contributed by atoms with van der Waals surface area (Å²) in [6.07, 6.45) is 6.17. The lowest BCUT2D eigenvalue weighted by Gasteiger charge is -2.05. The molecule has 0 saturated heterocycles. The topological polar surface area (TPSA) is 60.2 Å². The van der Waals surface area contributed by atoms with Crippen molar-refractivity contribution in [2.75, 3.05) is 0 Å². The molecule has 12 heavy (non-hydrogen) atoms. The van der Waals surface area contributed by atoms with Crippen molar-refractivity contribution in [1.29, 1.82) is 0 Å². The van der Waals surface area contributed by atoms with Gasteiger partial charge in [0.05, 0.1) is 0 Å². The number of Topliss-reactive ketones (excluding diaryl/α,β-unsaturated/α-hetero) is 1. The third-order valence-electron chi connectivity index (χ3n) is 2.53. The van der Waals surface area contributed by atoms with Crippen molar-refractivity contribution in [1.82, 2.24) is 0 Å². The number of carbonyl (C=O) groups is 2. The molecule has 1 saturated carbocycles. The van der Waals surface area contributed by atoms with Gasteiger partial charge in [0.1, 0.15) is 0 Å². The Morgan fingerprint density at radius 1 is 1.25 bits per heavy atom. The molecular formula is C9H15NO2. The maximum absolute atomic E-state index is 10.8. The van der Waals surface area contributed by atoms with Gasteiger partial charge < -0.3 is 5.73 Å². The second-order valence-corrected chi connectivity index (χ2v) is 3.48. The molecule has 0 atom stereocenters. The number of carbonyl (C=O) groups excluding carboxylic acids is 2. The lowest BCUT2D eigenvalue weighted by Crippen LogP contribution is -2.23. The molecule has 1 aliphatic rings. The maximum atomic E-state index is 10.8. The molecule has 0 spiro atoms.